The Balaban J connectivity index is 2.16. The summed E-state index contributed by atoms with van der Waals surface area (Å²) in [6, 6.07) is 5.22. The first-order valence-corrected chi connectivity index (χ1v) is 5.94. The Labute approximate surface area is 101 Å². The number of amides is 1. The highest BCUT2D eigenvalue weighted by molar-refractivity contribution is 6.01. The molecule has 0 bridgehead atoms. The number of carbonyl (C=O) groups is 1. The highest BCUT2D eigenvalue weighted by atomic mass is 16.1. The topological polar surface area (TPSA) is 81.1 Å². The normalized spacial score (nSPS) is 17.2. The minimum atomic E-state index is -0.446. The molecule has 0 saturated heterocycles. The molecule has 92 valence electrons. The largest absolute Gasteiger partial charge is 0.397 e. The van der Waals surface area contributed by atoms with Gasteiger partial charge in [-0.25, -0.2) is 0 Å². The fourth-order valence-electron chi connectivity index (χ4n) is 2.23. The van der Waals surface area contributed by atoms with Gasteiger partial charge in [0.25, 0.3) is 5.91 Å². The maximum absolute atomic E-state index is 11.3. The number of para-hydroxylation sites is 1. The highest BCUT2D eigenvalue weighted by Gasteiger charge is 2.31. The van der Waals surface area contributed by atoms with Crippen LogP contribution in [0.3, 0.4) is 0 Å². The molecule has 1 aromatic carbocycles. The molecule has 17 heavy (non-hydrogen) atoms. The number of anilines is 2. The fourth-order valence-corrected chi connectivity index (χ4v) is 2.23. The first-order valence-electron chi connectivity index (χ1n) is 5.94. The molecule has 1 fully saturated rings. The molecule has 4 heteroatoms. The number of benzene rings is 1. The smallest absolute Gasteiger partial charge is 0.250 e. The van der Waals surface area contributed by atoms with Crippen LogP contribution in [0.15, 0.2) is 18.2 Å². The Morgan fingerprint density at radius 3 is 2.71 bits per heavy atom. The number of carbonyl (C=O) groups excluding carboxylic acids is 1. The number of primary amides is 1. The predicted molar refractivity (Wildman–Crippen MR) is 69.8 cm³/mol. The molecule has 0 atom stereocenters. The summed E-state index contributed by atoms with van der Waals surface area (Å²) in [4.78, 5) is 11.3. The minimum Gasteiger partial charge on any atom is -0.397 e. The average molecular weight is 233 g/mol. The number of nitrogens with two attached hydrogens (primary N) is 2. The van der Waals surface area contributed by atoms with E-state index < -0.39 is 5.91 Å². The summed E-state index contributed by atoms with van der Waals surface area (Å²) in [7, 11) is 0. The molecule has 0 heterocycles. The van der Waals surface area contributed by atoms with Gasteiger partial charge in [0, 0.05) is 6.54 Å². The third kappa shape index (κ3) is 2.35. The zero-order valence-corrected chi connectivity index (χ0v) is 10.1. The molecule has 0 aromatic heterocycles. The lowest BCUT2D eigenvalue weighted by Crippen LogP contribution is -2.34. The van der Waals surface area contributed by atoms with Gasteiger partial charge in [-0.3, -0.25) is 4.79 Å². The number of nitrogens with one attached hydrogen (secondary N) is 1. The van der Waals surface area contributed by atoms with E-state index >= 15 is 0 Å². The maximum Gasteiger partial charge on any atom is 0.250 e. The summed E-state index contributed by atoms with van der Waals surface area (Å²) < 4.78 is 0. The lowest BCUT2D eigenvalue weighted by Gasteiger charge is -2.39. The van der Waals surface area contributed by atoms with E-state index in [2.05, 4.69) is 12.2 Å². The van der Waals surface area contributed by atoms with Crippen LogP contribution in [0, 0.1) is 5.41 Å². The second-order valence-electron chi connectivity index (χ2n) is 5.15. The molecule has 0 radical (unpaired) electrons. The van der Waals surface area contributed by atoms with Gasteiger partial charge < -0.3 is 16.8 Å². The Morgan fingerprint density at radius 1 is 1.47 bits per heavy atom. The second kappa shape index (κ2) is 4.28. The van der Waals surface area contributed by atoms with Gasteiger partial charge in [0.2, 0.25) is 0 Å². The zero-order valence-electron chi connectivity index (χ0n) is 10.1. The van der Waals surface area contributed by atoms with Crippen molar-refractivity contribution in [2.45, 2.75) is 26.2 Å². The van der Waals surface area contributed by atoms with E-state index in [0.29, 0.717) is 22.4 Å². The number of nitrogen functional groups attached to an aromatic ring is 1. The third-order valence-corrected chi connectivity index (χ3v) is 3.61. The standard InChI is InChI=1S/C13H19N3O/c1-13(6-3-7-13)8-16-11-9(12(15)17)4-2-5-10(11)14/h2,4-5,16H,3,6-8,14H2,1H3,(H2,15,17). The lowest BCUT2D eigenvalue weighted by molar-refractivity contribution is 0.100. The minimum absolute atomic E-state index is 0.331. The van der Waals surface area contributed by atoms with E-state index in [1.54, 1.807) is 18.2 Å². The van der Waals surface area contributed by atoms with Crippen LogP contribution in [-0.4, -0.2) is 12.5 Å². The Hall–Kier alpha value is -1.71. The number of rotatable bonds is 4. The number of hydrogen-bond acceptors (Lipinski definition) is 3. The van der Waals surface area contributed by atoms with Crippen molar-refractivity contribution in [1.82, 2.24) is 0 Å². The van der Waals surface area contributed by atoms with Gasteiger partial charge >= 0.3 is 0 Å². The SMILES string of the molecule is CC1(CNc2c(N)cccc2C(N)=O)CCC1. The monoisotopic (exact) mass is 233 g/mol. The van der Waals surface area contributed by atoms with Crippen molar-refractivity contribution in [3.63, 3.8) is 0 Å². The van der Waals surface area contributed by atoms with Crippen molar-refractivity contribution in [2.75, 3.05) is 17.6 Å². The van der Waals surface area contributed by atoms with Gasteiger partial charge in [0.1, 0.15) is 0 Å². The molecular formula is C13H19N3O. The molecule has 5 N–H and O–H groups in total. The summed E-state index contributed by atoms with van der Waals surface area (Å²) in [6.45, 7) is 3.08. The van der Waals surface area contributed by atoms with Crippen LogP contribution in [-0.2, 0) is 0 Å². The molecule has 1 saturated carbocycles. The van der Waals surface area contributed by atoms with E-state index in [-0.39, 0.29) is 0 Å². The van der Waals surface area contributed by atoms with Crippen LogP contribution < -0.4 is 16.8 Å². The highest BCUT2D eigenvalue weighted by Crippen LogP contribution is 2.40. The van der Waals surface area contributed by atoms with Crippen molar-refractivity contribution in [3.8, 4) is 0 Å². The van der Waals surface area contributed by atoms with E-state index in [0.717, 1.165) is 6.54 Å². The Bertz CT molecular complexity index is 438. The van der Waals surface area contributed by atoms with Gasteiger partial charge in [-0.05, 0) is 30.4 Å². The molecule has 0 aliphatic heterocycles. The zero-order chi connectivity index (χ0) is 12.5. The molecule has 1 aliphatic rings. The number of hydrogen-bond donors (Lipinski definition) is 3. The van der Waals surface area contributed by atoms with Crippen LogP contribution in [0.4, 0.5) is 11.4 Å². The van der Waals surface area contributed by atoms with Crippen molar-refractivity contribution in [2.24, 2.45) is 11.1 Å². The molecular weight excluding hydrogens is 214 g/mol. The van der Waals surface area contributed by atoms with Gasteiger partial charge in [-0.15, -0.1) is 0 Å². The summed E-state index contributed by atoms with van der Waals surface area (Å²) >= 11 is 0. The van der Waals surface area contributed by atoms with Gasteiger partial charge in [-0.2, -0.15) is 0 Å². The quantitative estimate of drug-likeness (QED) is 0.695. The second-order valence-corrected chi connectivity index (χ2v) is 5.15. The molecule has 1 aliphatic carbocycles. The van der Waals surface area contributed by atoms with Gasteiger partial charge in [0.15, 0.2) is 0 Å². The average Bonchev–Trinajstić information content (AvgIpc) is 2.24. The summed E-state index contributed by atoms with van der Waals surface area (Å²) in [5.74, 6) is -0.446. The molecule has 2 rings (SSSR count). The molecule has 1 amide bonds. The van der Waals surface area contributed by atoms with Crippen LogP contribution in [0.5, 0.6) is 0 Å². The van der Waals surface area contributed by atoms with E-state index in [1.807, 2.05) is 0 Å². The van der Waals surface area contributed by atoms with Gasteiger partial charge in [-0.1, -0.05) is 19.4 Å². The third-order valence-electron chi connectivity index (χ3n) is 3.61. The first-order chi connectivity index (χ1) is 8.02. The first kappa shape index (κ1) is 11.8. The Morgan fingerprint density at radius 2 is 2.18 bits per heavy atom. The predicted octanol–water partition coefficient (Wildman–Crippen LogP) is 1.97. The maximum atomic E-state index is 11.3. The Kier molecular flexibility index (Phi) is 2.96. The summed E-state index contributed by atoms with van der Waals surface area (Å²) in [5.41, 5.74) is 13.3. The summed E-state index contributed by atoms with van der Waals surface area (Å²) in [6.07, 6.45) is 3.72. The lowest BCUT2D eigenvalue weighted by atomic mass is 9.70. The fraction of sp³-hybridized carbons (Fsp3) is 0.462. The van der Waals surface area contributed by atoms with E-state index in [1.165, 1.54) is 19.3 Å². The van der Waals surface area contributed by atoms with Crippen molar-refractivity contribution >= 4 is 17.3 Å². The molecule has 4 nitrogen and oxygen atoms in total. The molecule has 0 unspecified atom stereocenters. The van der Waals surface area contributed by atoms with Crippen molar-refractivity contribution in [1.29, 1.82) is 0 Å². The van der Waals surface area contributed by atoms with Crippen LogP contribution in [0.25, 0.3) is 0 Å². The van der Waals surface area contributed by atoms with E-state index in [9.17, 15) is 4.79 Å². The van der Waals surface area contributed by atoms with Crippen molar-refractivity contribution < 1.29 is 4.79 Å². The van der Waals surface area contributed by atoms with Crippen molar-refractivity contribution in [3.05, 3.63) is 23.8 Å². The van der Waals surface area contributed by atoms with Crippen LogP contribution in [0.1, 0.15) is 36.5 Å². The van der Waals surface area contributed by atoms with Crippen LogP contribution >= 0.6 is 0 Å². The molecule has 1 aromatic rings. The molecule has 0 spiro atoms. The van der Waals surface area contributed by atoms with Gasteiger partial charge in [0.05, 0.1) is 16.9 Å². The van der Waals surface area contributed by atoms with E-state index in [4.69, 9.17) is 11.5 Å². The summed E-state index contributed by atoms with van der Waals surface area (Å²) in [5, 5.41) is 3.28. The van der Waals surface area contributed by atoms with Crippen LogP contribution in [0.2, 0.25) is 0 Å².